The Morgan fingerprint density at radius 3 is 2.75 bits per heavy atom. The molecule has 146 valence electrons. The first-order valence-corrected chi connectivity index (χ1v) is 10.0. The third-order valence-electron chi connectivity index (χ3n) is 5.94. The zero-order valence-corrected chi connectivity index (χ0v) is 16.2. The lowest BCUT2D eigenvalue weighted by Gasteiger charge is -2.36. The molecule has 1 fully saturated rings. The average molecular weight is 379 g/mol. The van der Waals surface area contributed by atoms with Crippen molar-refractivity contribution < 1.29 is 0 Å². The molecular weight excluding hydrogens is 354 g/mol. The third-order valence-corrected chi connectivity index (χ3v) is 5.94. The van der Waals surface area contributed by atoms with Crippen molar-refractivity contribution in [3.8, 4) is 0 Å². The van der Waals surface area contributed by atoms with E-state index in [1.165, 1.54) is 17.4 Å². The van der Waals surface area contributed by atoms with Crippen molar-refractivity contribution in [2.24, 2.45) is 7.05 Å². The van der Waals surface area contributed by atoms with E-state index in [1.54, 1.807) is 13.4 Å². The monoisotopic (exact) mass is 379 g/mol. The highest BCUT2D eigenvalue weighted by atomic mass is 16.1. The number of piperazine rings is 1. The summed E-state index contributed by atoms with van der Waals surface area (Å²) in [4.78, 5) is 21.4. The van der Waals surface area contributed by atoms with Gasteiger partial charge >= 0.3 is 0 Å². The van der Waals surface area contributed by atoms with Crippen LogP contribution in [0, 0.1) is 0 Å². The minimum atomic E-state index is -0.00184. The van der Waals surface area contributed by atoms with Crippen LogP contribution in [-0.2, 0) is 26.6 Å². The van der Waals surface area contributed by atoms with Crippen molar-refractivity contribution in [2.75, 3.05) is 31.1 Å². The fourth-order valence-electron chi connectivity index (χ4n) is 4.25. The van der Waals surface area contributed by atoms with Crippen LogP contribution in [0.3, 0.4) is 0 Å². The second-order valence-corrected chi connectivity index (χ2v) is 7.77. The molecule has 2 aliphatic rings. The van der Waals surface area contributed by atoms with Gasteiger partial charge in [-0.2, -0.15) is 0 Å². The number of anilines is 1. The predicted octanol–water partition coefficient (Wildman–Crippen LogP) is 1.18. The molecule has 1 saturated heterocycles. The van der Waals surface area contributed by atoms with E-state index in [9.17, 15) is 4.79 Å². The van der Waals surface area contributed by atoms with Crippen molar-refractivity contribution in [2.45, 2.75) is 32.4 Å². The zero-order chi connectivity index (χ0) is 19.1. The second-order valence-electron chi connectivity index (χ2n) is 7.77. The van der Waals surface area contributed by atoms with E-state index in [1.807, 2.05) is 18.2 Å². The molecular formula is C20H25N7O. The fourth-order valence-corrected chi connectivity index (χ4v) is 4.25. The van der Waals surface area contributed by atoms with E-state index in [2.05, 4.69) is 29.5 Å². The molecule has 2 aromatic heterocycles. The average Bonchev–Trinajstić information content (AvgIpc) is 3.14. The van der Waals surface area contributed by atoms with Crippen LogP contribution >= 0.6 is 0 Å². The molecule has 4 heterocycles. The normalized spacial score (nSPS) is 17.8. The first-order chi connectivity index (χ1) is 13.7. The summed E-state index contributed by atoms with van der Waals surface area (Å²) in [6.45, 7) is 5.82. The van der Waals surface area contributed by atoms with Crippen molar-refractivity contribution in [1.82, 2.24) is 29.2 Å². The maximum absolute atomic E-state index is 12.2. The first-order valence-electron chi connectivity index (χ1n) is 10.0. The van der Waals surface area contributed by atoms with Crippen LogP contribution in [0.4, 0.5) is 5.69 Å². The topological polar surface area (TPSA) is 72.1 Å². The van der Waals surface area contributed by atoms with Gasteiger partial charge in [0, 0.05) is 51.9 Å². The third kappa shape index (κ3) is 3.07. The van der Waals surface area contributed by atoms with Crippen molar-refractivity contribution in [3.63, 3.8) is 0 Å². The Hall–Kier alpha value is -2.74. The Morgan fingerprint density at radius 1 is 1.04 bits per heavy atom. The molecule has 5 rings (SSSR count). The van der Waals surface area contributed by atoms with E-state index < -0.39 is 0 Å². The lowest BCUT2D eigenvalue weighted by molar-refractivity contribution is 0.239. The van der Waals surface area contributed by atoms with Gasteiger partial charge in [0.15, 0.2) is 0 Å². The highest BCUT2D eigenvalue weighted by Gasteiger charge is 2.22. The number of aromatic nitrogens is 5. The summed E-state index contributed by atoms with van der Waals surface area (Å²) in [7, 11) is 1.73. The van der Waals surface area contributed by atoms with Gasteiger partial charge in [-0.05, 0) is 31.0 Å². The summed E-state index contributed by atoms with van der Waals surface area (Å²) in [6, 6.07) is 5.96. The quantitative estimate of drug-likeness (QED) is 0.681. The van der Waals surface area contributed by atoms with Crippen LogP contribution in [0.2, 0.25) is 0 Å². The van der Waals surface area contributed by atoms with E-state index in [0.717, 1.165) is 68.5 Å². The summed E-state index contributed by atoms with van der Waals surface area (Å²) >= 11 is 0. The van der Waals surface area contributed by atoms with Gasteiger partial charge in [0.1, 0.15) is 11.6 Å². The van der Waals surface area contributed by atoms with E-state index >= 15 is 0 Å². The SMILES string of the molecule is Cn1cnc2cc(N3CCN(Cc4nnc5n4CCCC5)CC3)ccc2c1=O. The predicted molar refractivity (Wildman–Crippen MR) is 107 cm³/mol. The van der Waals surface area contributed by atoms with Gasteiger partial charge in [-0.25, -0.2) is 4.98 Å². The molecule has 0 bridgehead atoms. The smallest absolute Gasteiger partial charge is 0.260 e. The van der Waals surface area contributed by atoms with Crippen molar-refractivity contribution in [1.29, 1.82) is 0 Å². The molecule has 8 nitrogen and oxygen atoms in total. The maximum atomic E-state index is 12.2. The second kappa shape index (κ2) is 7.01. The zero-order valence-electron chi connectivity index (χ0n) is 16.2. The number of aryl methyl sites for hydroxylation is 2. The van der Waals surface area contributed by atoms with E-state index in [0.29, 0.717) is 5.39 Å². The summed E-state index contributed by atoms with van der Waals surface area (Å²) < 4.78 is 3.83. The molecule has 28 heavy (non-hydrogen) atoms. The molecule has 0 N–H and O–H groups in total. The number of rotatable bonds is 3. The number of benzene rings is 1. The lowest BCUT2D eigenvalue weighted by Crippen LogP contribution is -2.46. The Labute approximate surface area is 163 Å². The van der Waals surface area contributed by atoms with Gasteiger partial charge in [0.2, 0.25) is 0 Å². The highest BCUT2D eigenvalue weighted by Crippen LogP contribution is 2.21. The molecule has 1 aromatic carbocycles. The standard InChI is InChI=1S/C20H25N7O/c1-24-14-21-17-12-15(5-6-16(17)20(24)28)26-10-8-25(9-11-26)13-19-23-22-18-4-2-3-7-27(18)19/h5-6,12,14H,2-4,7-11,13H2,1H3. The van der Waals surface area contributed by atoms with Crippen LogP contribution in [-0.4, -0.2) is 55.4 Å². The summed E-state index contributed by atoms with van der Waals surface area (Å²) in [5.74, 6) is 2.25. The summed E-state index contributed by atoms with van der Waals surface area (Å²) in [5, 5.41) is 9.48. The van der Waals surface area contributed by atoms with Gasteiger partial charge in [0.05, 0.1) is 23.8 Å². The van der Waals surface area contributed by atoms with Crippen LogP contribution < -0.4 is 10.5 Å². The first kappa shape index (κ1) is 17.4. The molecule has 2 aliphatic heterocycles. The van der Waals surface area contributed by atoms with Crippen LogP contribution in [0.1, 0.15) is 24.5 Å². The number of hydrogen-bond donors (Lipinski definition) is 0. The minimum Gasteiger partial charge on any atom is -0.369 e. The van der Waals surface area contributed by atoms with Gasteiger partial charge < -0.3 is 14.0 Å². The Balaban J connectivity index is 1.27. The minimum absolute atomic E-state index is 0.00184. The number of fused-ring (bicyclic) bond motifs is 2. The fraction of sp³-hybridized carbons (Fsp3) is 0.500. The molecule has 0 saturated carbocycles. The van der Waals surface area contributed by atoms with Gasteiger partial charge in [-0.3, -0.25) is 9.69 Å². The Bertz CT molecular complexity index is 1060. The van der Waals surface area contributed by atoms with Crippen LogP contribution in [0.5, 0.6) is 0 Å². The van der Waals surface area contributed by atoms with Crippen molar-refractivity contribution in [3.05, 3.63) is 46.5 Å². The molecule has 0 unspecified atom stereocenters. The van der Waals surface area contributed by atoms with Crippen LogP contribution in [0.15, 0.2) is 29.3 Å². The molecule has 0 amide bonds. The van der Waals surface area contributed by atoms with E-state index in [4.69, 9.17) is 0 Å². The maximum Gasteiger partial charge on any atom is 0.260 e. The Morgan fingerprint density at radius 2 is 1.89 bits per heavy atom. The molecule has 3 aromatic rings. The lowest BCUT2D eigenvalue weighted by atomic mass is 10.1. The Kier molecular flexibility index (Phi) is 4.35. The van der Waals surface area contributed by atoms with Gasteiger partial charge in [-0.15, -0.1) is 10.2 Å². The molecule has 8 heteroatoms. The molecule has 0 aliphatic carbocycles. The van der Waals surface area contributed by atoms with Crippen LogP contribution in [0.25, 0.3) is 10.9 Å². The molecule has 0 atom stereocenters. The number of nitrogens with zero attached hydrogens (tertiary/aromatic N) is 7. The highest BCUT2D eigenvalue weighted by molar-refractivity contribution is 5.81. The van der Waals surface area contributed by atoms with Gasteiger partial charge in [-0.1, -0.05) is 0 Å². The largest absolute Gasteiger partial charge is 0.369 e. The summed E-state index contributed by atoms with van der Waals surface area (Å²) in [6.07, 6.45) is 5.10. The van der Waals surface area contributed by atoms with Gasteiger partial charge in [0.25, 0.3) is 5.56 Å². The molecule has 0 radical (unpaired) electrons. The van der Waals surface area contributed by atoms with E-state index in [-0.39, 0.29) is 5.56 Å². The summed E-state index contributed by atoms with van der Waals surface area (Å²) in [5.41, 5.74) is 1.89. The molecule has 0 spiro atoms. The number of hydrogen-bond acceptors (Lipinski definition) is 6. The van der Waals surface area contributed by atoms with Crippen molar-refractivity contribution >= 4 is 16.6 Å².